The highest BCUT2D eigenvalue weighted by atomic mass is 35.5. The van der Waals surface area contributed by atoms with E-state index in [9.17, 15) is 9.59 Å². The molecule has 0 aliphatic carbocycles. The molecule has 0 spiro atoms. The Balaban J connectivity index is 2.25. The van der Waals surface area contributed by atoms with Crippen LogP contribution in [0.5, 0.6) is 0 Å². The highest BCUT2D eigenvalue weighted by molar-refractivity contribution is 7.80. The molecule has 3 rings (SSSR count). The first-order valence-corrected chi connectivity index (χ1v) is 8.96. The molecule has 138 valence electrons. The summed E-state index contributed by atoms with van der Waals surface area (Å²) >= 11 is 11.7. The number of Topliss-reactive ketones (excluding diaryl/α,β-unsaturated/α-hetero) is 1. The second-order valence-corrected chi connectivity index (χ2v) is 6.84. The highest BCUT2D eigenvalue weighted by Crippen LogP contribution is 2.35. The van der Waals surface area contributed by atoms with Crippen LogP contribution in [0.3, 0.4) is 0 Å². The van der Waals surface area contributed by atoms with Gasteiger partial charge in [0.2, 0.25) is 0 Å². The Kier molecular flexibility index (Phi) is 5.58. The van der Waals surface area contributed by atoms with E-state index in [0.717, 1.165) is 11.1 Å². The number of thiocarbonyl (C=S) groups is 1. The normalized spacial score (nSPS) is 16.4. The maximum atomic E-state index is 12.9. The minimum atomic E-state index is -0.955. The standard InChI is InChI=1S/C20H17ClN2O3S/c1-11-7-9-12(10-8-11)16-15(18(24)19(25)26-2)17(23-20(27)22-16)13-5-3-4-6-14(13)21/h3-10,17H,1-2H3,(H2,22,23,27)/t17-/m1/s1. The van der Waals surface area contributed by atoms with Gasteiger partial charge in [-0.05, 0) is 36.3 Å². The summed E-state index contributed by atoms with van der Waals surface area (Å²) in [5.74, 6) is -1.72. The zero-order chi connectivity index (χ0) is 19.6. The maximum absolute atomic E-state index is 12.9. The summed E-state index contributed by atoms with van der Waals surface area (Å²) in [5.41, 5.74) is 3.10. The number of aryl methyl sites for hydroxylation is 1. The van der Waals surface area contributed by atoms with Crippen molar-refractivity contribution in [3.63, 3.8) is 0 Å². The molecular weight excluding hydrogens is 384 g/mol. The Morgan fingerprint density at radius 2 is 1.78 bits per heavy atom. The van der Waals surface area contributed by atoms with Crippen LogP contribution in [0.25, 0.3) is 5.70 Å². The molecule has 0 radical (unpaired) electrons. The predicted octanol–water partition coefficient (Wildman–Crippen LogP) is 3.32. The van der Waals surface area contributed by atoms with Crippen LogP contribution in [0.4, 0.5) is 0 Å². The third kappa shape index (κ3) is 3.86. The van der Waals surface area contributed by atoms with Gasteiger partial charge in [-0.2, -0.15) is 0 Å². The molecule has 0 saturated heterocycles. The van der Waals surface area contributed by atoms with Crippen LogP contribution in [-0.2, 0) is 14.3 Å². The fraction of sp³-hybridized carbons (Fsp3) is 0.150. The summed E-state index contributed by atoms with van der Waals surface area (Å²) in [6.07, 6.45) is 0. The number of ketones is 1. The summed E-state index contributed by atoms with van der Waals surface area (Å²) in [5, 5.41) is 6.84. The van der Waals surface area contributed by atoms with Crippen LogP contribution < -0.4 is 10.6 Å². The monoisotopic (exact) mass is 400 g/mol. The molecule has 0 unspecified atom stereocenters. The van der Waals surface area contributed by atoms with Crippen molar-refractivity contribution in [1.82, 2.24) is 10.6 Å². The second kappa shape index (κ2) is 7.90. The molecule has 0 saturated carbocycles. The summed E-state index contributed by atoms with van der Waals surface area (Å²) in [6, 6.07) is 14.0. The summed E-state index contributed by atoms with van der Waals surface area (Å²) in [6.45, 7) is 1.96. The van der Waals surface area contributed by atoms with E-state index in [4.69, 9.17) is 23.8 Å². The average Bonchev–Trinajstić information content (AvgIpc) is 2.67. The van der Waals surface area contributed by atoms with E-state index in [1.54, 1.807) is 24.3 Å². The Hall–Kier alpha value is -2.70. The van der Waals surface area contributed by atoms with Crippen molar-refractivity contribution < 1.29 is 14.3 Å². The quantitative estimate of drug-likeness (QED) is 0.466. The smallest absolute Gasteiger partial charge is 0.379 e. The topological polar surface area (TPSA) is 67.4 Å². The van der Waals surface area contributed by atoms with E-state index in [1.165, 1.54) is 7.11 Å². The summed E-state index contributed by atoms with van der Waals surface area (Å²) in [4.78, 5) is 24.9. The molecule has 1 atom stereocenters. The Bertz CT molecular complexity index is 954. The number of rotatable bonds is 4. The lowest BCUT2D eigenvalue weighted by Gasteiger charge is -2.31. The number of carbonyl (C=O) groups excluding carboxylic acids is 2. The zero-order valence-electron chi connectivity index (χ0n) is 14.7. The first kappa shape index (κ1) is 19.1. The van der Waals surface area contributed by atoms with Crippen molar-refractivity contribution in [3.8, 4) is 0 Å². The largest absolute Gasteiger partial charge is 0.463 e. The molecule has 1 aliphatic heterocycles. The van der Waals surface area contributed by atoms with Gasteiger partial charge in [-0.3, -0.25) is 4.79 Å². The molecule has 1 heterocycles. The molecule has 0 bridgehead atoms. The van der Waals surface area contributed by atoms with Gasteiger partial charge in [-0.1, -0.05) is 59.6 Å². The van der Waals surface area contributed by atoms with Gasteiger partial charge < -0.3 is 15.4 Å². The molecule has 2 N–H and O–H groups in total. The van der Waals surface area contributed by atoms with Gasteiger partial charge in [0, 0.05) is 5.02 Å². The van der Waals surface area contributed by atoms with E-state index >= 15 is 0 Å². The number of halogens is 1. The Morgan fingerprint density at radius 3 is 2.41 bits per heavy atom. The Morgan fingerprint density at radius 1 is 1.11 bits per heavy atom. The van der Waals surface area contributed by atoms with Crippen LogP contribution in [0, 0.1) is 6.92 Å². The second-order valence-electron chi connectivity index (χ2n) is 6.03. The fourth-order valence-corrected chi connectivity index (χ4v) is 3.37. The molecule has 1 aliphatic rings. The number of hydrogen-bond acceptors (Lipinski definition) is 4. The molecular formula is C20H17ClN2O3S. The first-order chi connectivity index (χ1) is 12.9. The summed E-state index contributed by atoms with van der Waals surface area (Å²) in [7, 11) is 1.17. The lowest BCUT2D eigenvalue weighted by molar-refractivity contribution is -0.150. The number of ether oxygens (including phenoxy) is 1. The van der Waals surface area contributed by atoms with E-state index < -0.39 is 17.8 Å². The zero-order valence-corrected chi connectivity index (χ0v) is 16.3. The van der Waals surface area contributed by atoms with Crippen molar-refractivity contribution in [2.24, 2.45) is 0 Å². The maximum Gasteiger partial charge on any atom is 0.379 e. The third-order valence-corrected chi connectivity index (χ3v) is 4.81. The van der Waals surface area contributed by atoms with Crippen LogP contribution in [0.2, 0.25) is 5.02 Å². The van der Waals surface area contributed by atoms with Gasteiger partial charge in [-0.15, -0.1) is 0 Å². The number of carbonyl (C=O) groups is 2. The minimum Gasteiger partial charge on any atom is -0.463 e. The third-order valence-electron chi connectivity index (χ3n) is 4.24. The number of nitrogens with one attached hydrogen (secondary N) is 2. The van der Waals surface area contributed by atoms with E-state index in [-0.39, 0.29) is 5.57 Å². The van der Waals surface area contributed by atoms with Crippen molar-refractivity contribution >= 4 is 46.4 Å². The number of esters is 1. The SMILES string of the molecule is COC(=O)C(=O)C1=C(c2ccc(C)cc2)NC(=S)N[C@@H]1c1ccccc1Cl. The summed E-state index contributed by atoms with van der Waals surface area (Å²) < 4.78 is 4.67. The van der Waals surface area contributed by atoms with Gasteiger partial charge in [0.15, 0.2) is 5.11 Å². The van der Waals surface area contributed by atoms with Crippen molar-refractivity contribution in [1.29, 1.82) is 0 Å². The molecule has 27 heavy (non-hydrogen) atoms. The van der Waals surface area contributed by atoms with Gasteiger partial charge in [0.25, 0.3) is 5.78 Å². The highest BCUT2D eigenvalue weighted by Gasteiger charge is 2.36. The molecule has 0 amide bonds. The number of hydrogen-bond donors (Lipinski definition) is 2. The van der Waals surface area contributed by atoms with Crippen molar-refractivity contribution in [2.45, 2.75) is 13.0 Å². The molecule has 2 aromatic carbocycles. The van der Waals surface area contributed by atoms with Crippen molar-refractivity contribution in [2.75, 3.05) is 7.11 Å². The van der Waals surface area contributed by atoms with Gasteiger partial charge >= 0.3 is 5.97 Å². The predicted molar refractivity (Wildman–Crippen MR) is 108 cm³/mol. The van der Waals surface area contributed by atoms with Crippen molar-refractivity contribution in [3.05, 3.63) is 75.8 Å². The van der Waals surface area contributed by atoms with E-state index in [0.29, 0.717) is 21.4 Å². The van der Waals surface area contributed by atoms with Crippen LogP contribution >= 0.6 is 23.8 Å². The van der Waals surface area contributed by atoms with Crippen LogP contribution in [0.15, 0.2) is 54.1 Å². The molecule has 0 fully saturated rings. The van der Waals surface area contributed by atoms with Gasteiger partial charge in [0.05, 0.1) is 24.4 Å². The molecule has 2 aromatic rings. The van der Waals surface area contributed by atoms with E-state index in [2.05, 4.69) is 15.4 Å². The number of methoxy groups -OCH3 is 1. The average molecular weight is 401 g/mol. The molecule has 5 nitrogen and oxygen atoms in total. The van der Waals surface area contributed by atoms with E-state index in [1.807, 2.05) is 31.2 Å². The number of benzene rings is 2. The first-order valence-electron chi connectivity index (χ1n) is 8.18. The molecule has 0 aromatic heterocycles. The lowest BCUT2D eigenvalue weighted by atomic mass is 9.89. The van der Waals surface area contributed by atoms with Gasteiger partial charge in [0.1, 0.15) is 0 Å². The minimum absolute atomic E-state index is 0.201. The lowest BCUT2D eigenvalue weighted by Crippen LogP contribution is -2.46. The van der Waals surface area contributed by atoms with Gasteiger partial charge in [-0.25, -0.2) is 4.79 Å². The van der Waals surface area contributed by atoms with Crippen LogP contribution in [-0.4, -0.2) is 24.0 Å². The molecule has 7 heteroatoms. The Labute approximate surface area is 167 Å². The van der Waals surface area contributed by atoms with Crippen LogP contribution in [0.1, 0.15) is 22.7 Å². The fourth-order valence-electron chi connectivity index (χ4n) is 2.90.